The van der Waals surface area contributed by atoms with Crippen LogP contribution in [0.2, 0.25) is 15.1 Å². The number of thiol groups is 1. The molecule has 0 aliphatic carbocycles. The Labute approximate surface area is 726 Å². The number of ether oxygens (including phenoxy) is 11. The first-order chi connectivity index (χ1) is 55.8. The van der Waals surface area contributed by atoms with E-state index < -0.39 is 71.0 Å². The van der Waals surface area contributed by atoms with E-state index in [-0.39, 0.29) is 52.9 Å². The number of benzene rings is 6. The molecular weight excluding hydrogens is 1760 g/mol. The highest BCUT2D eigenvalue weighted by atomic mass is 79.9. The predicted molar refractivity (Wildman–Crippen MR) is 465 cm³/mol. The second-order valence-corrected chi connectivity index (χ2v) is 31.3. The zero-order valence-corrected chi connectivity index (χ0v) is 74.9. The van der Waals surface area contributed by atoms with E-state index in [1.807, 2.05) is 61.5 Å². The van der Waals surface area contributed by atoms with Crippen molar-refractivity contribution in [3.05, 3.63) is 182 Å². The Hall–Kier alpha value is -11.0. The van der Waals surface area contributed by atoms with Gasteiger partial charge in [-0.2, -0.15) is 17.9 Å². The van der Waals surface area contributed by atoms with E-state index >= 15 is 0 Å². The molecule has 119 heavy (non-hydrogen) atoms. The van der Waals surface area contributed by atoms with Gasteiger partial charge < -0.3 is 90.8 Å². The van der Waals surface area contributed by atoms with Crippen molar-refractivity contribution in [2.24, 2.45) is 11.7 Å². The van der Waals surface area contributed by atoms with E-state index in [9.17, 15) is 57.5 Å². The lowest BCUT2D eigenvalue weighted by Crippen LogP contribution is -2.41. The number of nitrogens with zero attached hydrogens (tertiary/aromatic N) is 1. The van der Waals surface area contributed by atoms with Gasteiger partial charge in [0.15, 0.2) is 0 Å². The summed E-state index contributed by atoms with van der Waals surface area (Å²) >= 11 is 27.7. The number of carbonyl (C=O) groups is 12. The second kappa shape index (κ2) is 50.7. The van der Waals surface area contributed by atoms with Crippen LogP contribution < -0.4 is 33.6 Å². The third kappa shape index (κ3) is 34.1. The number of rotatable bonds is 17. The summed E-state index contributed by atoms with van der Waals surface area (Å²) in [7, 11) is 11.8. The van der Waals surface area contributed by atoms with E-state index in [0.29, 0.717) is 97.5 Å². The monoisotopic (exact) mass is 1850 g/mol. The molecule has 11 N–H and O–H groups in total. The van der Waals surface area contributed by atoms with Gasteiger partial charge in [-0.1, -0.05) is 41.7 Å². The Morgan fingerprint density at radius 3 is 1.25 bits per heavy atom. The molecule has 9 rings (SSSR count). The number of aromatic carboxylic acids is 1. The van der Waals surface area contributed by atoms with Gasteiger partial charge in [-0.25, -0.2) is 47.9 Å². The highest BCUT2D eigenvalue weighted by molar-refractivity contribution is 9.10. The number of carboxylic acid groups (broad SMARTS) is 1. The number of hydrogen-bond donors (Lipinski definition) is 8. The molecule has 1 amide bonds. The molecule has 0 aliphatic rings. The van der Waals surface area contributed by atoms with Crippen LogP contribution in [0.15, 0.2) is 114 Å². The van der Waals surface area contributed by atoms with Crippen molar-refractivity contribution >= 4 is 222 Å². The van der Waals surface area contributed by atoms with E-state index in [2.05, 4.69) is 67.6 Å². The molecule has 2 atom stereocenters. The Morgan fingerprint density at radius 1 is 0.487 bits per heavy atom. The second-order valence-electron chi connectivity index (χ2n) is 25.8. The highest BCUT2D eigenvalue weighted by Gasteiger charge is 2.25. The van der Waals surface area contributed by atoms with Crippen molar-refractivity contribution in [2.75, 3.05) is 105 Å². The maximum Gasteiger partial charge on any atom is 0.407 e. The van der Waals surface area contributed by atoms with Crippen LogP contribution in [0, 0.1) is 17.2 Å². The van der Waals surface area contributed by atoms with Crippen molar-refractivity contribution in [2.45, 2.75) is 79.1 Å². The molecule has 0 saturated heterocycles. The predicted octanol–water partition coefficient (Wildman–Crippen LogP) is 15.8. The maximum absolute atomic E-state index is 12.2. The number of fused-ring (bicyclic) bond motifs is 3. The summed E-state index contributed by atoms with van der Waals surface area (Å²) in [4.78, 5) is 137. The first kappa shape index (κ1) is 104. The van der Waals surface area contributed by atoms with Gasteiger partial charge >= 0.3 is 71.8 Å². The number of halogens is 4. The molecule has 9 aromatic rings. The summed E-state index contributed by atoms with van der Waals surface area (Å²) in [6.07, 6.45) is -0.173. The van der Waals surface area contributed by atoms with Crippen LogP contribution in [-0.2, 0) is 61.7 Å². The molecular formula is C80H91BrCl3N7O24S4. The summed E-state index contributed by atoms with van der Waals surface area (Å²) in [6.45, 7) is 15.5. The summed E-state index contributed by atoms with van der Waals surface area (Å²) in [5.41, 5.74) is 25.0. The summed E-state index contributed by atoms with van der Waals surface area (Å²) in [6, 6.07) is 30.2. The number of methoxy groups -OCH3 is 9. The smallest absolute Gasteiger partial charge is 0.407 e. The Morgan fingerprint density at radius 2 is 0.849 bits per heavy atom. The fraction of sp³-hybridized carbons (Fsp3) is 0.312. The third-order valence-corrected chi connectivity index (χ3v) is 20.5. The van der Waals surface area contributed by atoms with Gasteiger partial charge in [0.25, 0.3) is 0 Å². The largest absolute Gasteiger partial charge is 0.478 e. The summed E-state index contributed by atoms with van der Waals surface area (Å²) < 4.78 is 55.0. The molecule has 0 saturated carbocycles. The van der Waals surface area contributed by atoms with E-state index in [1.165, 1.54) is 140 Å². The maximum atomic E-state index is 12.2. The zero-order valence-electron chi connectivity index (χ0n) is 67.7. The van der Waals surface area contributed by atoms with Gasteiger partial charge in [-0.05, 0) is 180 Å². The van der Waals surface area contributed by atoms with Crippen LogP contribution >= 0.6 is 97.4 Å². The third-order valence-electron chi connectivity index (χ3n) is 14.6. The lowest BCUT2D eigenvalue weighted by molar-refractivity contribution is -0.155. The molecule has 39 heteroatoms. The number of amides is 1. The molecule has 0 radical (unpaired) electrons. The van der Waals surface area contributed by atoms with Crippen molar-refractivity contribution in [1.82, 2.24) is 5.32 Å². The normalized spacial score (nSPS) is 10.7. The van der Waals surface area contributed by atoms with Gasteiger partial charge in [0, 0.05) is 55.8 Å². The number of nitriles is 1. The molecule has 642 valence electrons. The molecule has 3 aromatic heterocycles. The van der Waals surface area contributed by atoms with Gasteiger partial charge in [0.05, 0.1) is 151 Å². The number of hydrogen-bond acceptors (Lipinski definition) is 33. The Bertz CT molecular complexity index is 5020. The highest BCUT2D eigenvalue weighted by Crippen LogP contribution is 2.40. The number of carbonyl (C=O) groups excluding carboxylic acids is 11. The number of nitrogens with one attached hydrogen (secondary N) is 2. The molecule has 31 nitrogen and oxygen atoms in total. The first-order valence-corrected chi connectivity index (χ1v) is 39.5. The van der Waals surface area contributed by atoms with Crippen LogP contribution in [0.25, 0.3) is 30.3 Å². The van der Waals surface area contributed by atoms with Gasteiger partial charge in [-0.15, -0.1) is 34.0 Å². The van der Waals surface area contributed by atoms with Crippen molar-refractivity contribution < 1.29 is 115 Å². The number of anilines is 4. The SMILES string of the molecule is COC(=O)CS.COC(=O)c1ccc(Cl)c(C#N)c1.COC(=O)c1ccc(Cl)c(N)c1.COC(=O)c1ccc2sc(C(=O)OC)c(Br)c2c1.COC(=O)c1ccc2sc(C(=O)OC)c(N)c2c1.COC(=O)c1ccc2sc(C(=O)OC)c(NC[C@@H](C)CC(=O)OC(C)(C)C)c2c1.C[C@H](CN)NC(=O)OC(C)(C)C.Nc1cc(C(=O)O)ccc1Cl. The Balaban J connectivity index is 0.000000477. The minimum absolute atomic E-state index is 0.0333. The topological polar surface area (TPSA) is 479 Å². The fourth-order valence-electron chi connectivity index (χ4n) is 8.87. The average molecular weight is 1850 g/mol. The molecule has 3 heterocycles. The van der Waals surface area contributed by atoms with Crippen molar-refractivity contribution in [3.63, 3.8) is 0 Å². The summed E-state index contributed by atoms with van der Waals surface area (Å²) in [5.74, 6) is -4.99. The molecule has 6 aromatic carbocycles. The molecule has 0 bridgehead atoms. The standard InChI is InChI=1S/C21H27NO6S.C12H9BrO4S.C12H11NO4S.C9H6ClNO2.C8H8ClNO2.C8H18N2O2.C7H6ClNO2.C3H6O2S/c1-12(9-16(23)28-21(2,3)4)11-22-17-14-10-13(19(24)26-5)7-8-15(14)29-18(17)20(25)27-6;2*1-16-11(14)6-3-4-8-7(5-6)9(13)10(18-8)12(15)17-2;1-13-9(12)6-2-3-8(10)7(4-6)5-11;1-12-8(11)5-2-3-6(9)7(10)4-5;1-6(5-9)10-7(11)12-8(2,3)4;8-5-2-1-4(7(10)11)3-6(5)9;1-5-3(4)2-6/h7-8,10,12,22H,9,11H2,1-6H3;3-5H,1-2H3;3-5H,13H2,1-2H3;2-4H,1H3;2-4H,10H2,1H3;6H,5,9H2,1-4H3,(H,10,11);1-3H,9H2,(H,10,11);6H,2H2,1H3/t12-;;;;;6-;;/m0....1../s1. The van der Waals surface area contributed by atoms with Crippen LogP contribution in [0.4, 0.5) is 27.5 Å². The lowest BCUT2D eigenvalue weighted by atomic mass is 10.1. The number of thiophene rings is 3. The van der Waals surface area contributed by atoms with E-state index in [4.69, 9.17) is 91.8 Å². The van der Waals surface area contributed by atoms with Crippen molar-refractivity contribution in [1.29, 1.82) is 5.26 Å². The van der Waals surface area contributed by atoms with Crippen molar-refractivity contribution in [3.8, 4) is 6.07 Å². The van der Waals surface area contributed by atoms with Gasteiger partial charge in [-0.3, -0.25) is 9.59 Å². The lowest BCUT2D eigenvalue weighted by Gasteiger charge is -2.21. The first-order valence-electron chi connectivity index (χ1n) is 34.5. The minimum Gasteiger partial charge on any atom is -0.478 e. The number of esters is 10. The average Bonchev–Trinajstić information content (AvgIpc) is 1.54. The number of alkyl carbamates (subject to hydrolysis) is 1. The molecule has 0 spiro atoms. The quantitative estimate of drug-likeness (QED) is 0.0182. The van der Waals surface area contributed by atoms with E-state index in [1.54, 1.807) is 66.7 Å². The van der Waals surface area contributed by atoms with Crippen LogP contribution in [0.3, 0.4) is 0 Å². The fourth-order valence-corrected chi connectivity index (χ4v) is 13.3. The van der Waals surface area contributed by atoms with E-state index in [0.717, 1.165) is 24.9 Å². The molecule has 0 unspecified atom stereocenters. The van der Waals surface area contributed by atoms with Crippen LogP contribution in [-0.4, -0.2) is 177 Å². The number of nitrogens with two attached hydrogens (primary N) is 4. The number of nitrogen functional groups attached to an aromatic ring is 3. The zero-order chi connectivity index (χ0) is 90.5. The van der Waals surface area contributed by atoms with Crippen LogP contribution in [0.5, 0.6) is 0 Å². The van der Waals surface area contributed by atoms with Crippen LogP contribution in [0.1, 0.15) is 159 Å². The number of carboxylic acids is 1. The van der Waals surface area contributed by atoms with Gasteiger partial charge in [0.1, 0.15) is 31.9 Å². The minimum atomic E-state index is -1.01. The summed E-state index contributed by atoms with van der Waals surface area (Å²) in [5, 5.41) is 26.3. The molecule has 0 aliphatic heterocycles. The molecule has 0 fully saturated rings. The Kier molecular flexibility index (Phi) is 44.3. The van der Waals surface area contributed by atoms with Gasteiger partial charge in [0.2, 0.25) is 0 Å².